The van der Waals surface area contributed by atoms with Crippen LogP contribution in [0, 0.1) is 6.92 Å². The van der Waals surface area contributed by atoms with Gasteiger partial charge in [0.05, 0.1) is 17.4 Å². The van der Waals surface area contributed by atoms with Crippen LogP contribution in [-0.2, 0) is 6.18 Å². The van der Waals surface area contributed by atoms with Crippen LogP contribution < -0.4 is 10.6 Å². The van der Waals surface area contributed by atoms with Crippen molar-refractivity contribution >= 4 is 28.8 Å². The molecule has 4 rings (SSSR count). The first kappa shape index (κ1) is 18.6. The molecule has 0 atom stereocenters. The first-order valence-corrected chi connectivity index (χ1v) is 9.44. The number of hydrogen-bond donors (Lipinski definition) is 2. The van der Waals surface area contributed by atoms with Crippen LogP contribution in [0.3, 0.4) is 0 Å². The highest BCUT2D eigenvalue weighted by Crippen LogP contribution is 2.45. The molecule has 1 aliphatic rings. The molecule has 0 aromatic carbocycles. The molecule has 3 aromatic rings. The van der Waals surface area contributed by atoms with E-state index in [1.807, 2.05) is 17.8 Å². The maximum atomic E-state index is 13.0. The highest BCUT2D eigenvalue weighted by molar-refractivity contribution is 7.09. The third kappa shape index (κ3) is 3.51. The minimum atomic E-state index is -4.52. The van der Waals surface area contributed by atoms with Gasteiger partial charge in [-0.2, -0.15) is 23.3 Å². The standard InChI is InChI=1S/C16H17F3N8S/c1-8-12(23-15-21-5-11(16(17,18)19)13(20-2)24-15)6-27(26-8)10-3-9(4-10)14-25-22-7-28-14/h5-7,9-10H,3-4H2,1-2H3,(H2,20,21,23,24)/t9-,10+. The maximum Gasteiger partial charge on any atom is 0.421 e. The third-order valence-electron chi connectivity index (χ3n) is 4.71. The summed E-state index contributed by atoms with van der Waals surface area (Å²) >= 11 is 1.55. The SMILES string of the molecule is CNc1nc(Nc2cn([C@H]3C[C@@H](c4nncs4)C3)nc2C)ncc1C(F)(F)F. The largest absolute Gasteiger partial charge is 0.421 e. The molecular weight excluding hydrogens is 393 g/mol. The third-order valence-corrected chi connectivity index (χ3v) is 5.56. The summed E-state index contributed by atoms with van der Waals surface area (Å²) in [6, 6.07) is 0.254. The zero-order valence-corrected chi connectivity index (χ0v) is 15.8. The Labute approximate surface area is 162 Å². The van der Waals surface area contributed by atoms with Gasteiger partial charge in [-0.1, -0.05) is 0 Å². The lowest BCUT2D eigenvalue weighted by Crippen LogP contribution is -2.25. The van der Waals surface area contributed by atoms with Crippen LogP contribution in [0.15, 0.2) is 17.9 Å². The van der Waals surface area contributed by atoms with Gasteiger partial charge >= 0.3 is 6.18 Å². The molecule has 0 aliphatic heterocycles. The fourth-order valence-corrected chi connectivity index (χ4v) is 3.80. The van der Waals surface area contributed by atoms with Gasteiger partial charge in [0, 0.05) is 25.4 Å². The van der Waals surface area contributed by atoms with Crippen molar-refractivity contribution in [3.63, 3.8) is 0 Å². The van der Waals surface area contributed by atoms with E-state index in [1.54, 1.807) is 16.8 Å². The topological polar surface area (TPSA) is 93.4 Å². The van der Waals surface area contributed by atoms with Gasteiger partial charge in [0.1, 0.15) is 21.9 Å². The Morgan fingerprint density at radius 1 is 1.29 bits per heavy atom. The number of alkyl halides is 3. The van der Waals surface area contributed by atoms with Crippen molar-refractivity contribution in [1.29, 1.82) is 0 Å². The fourth-order valence-electron chi connectivity index (χ4n) is 3.12. The van der Waals surface area contributed by atoms with Crippen LogP contribution >= 0.6 is 11.3 Å². The number of hydrogen-bond acceptors (Lipinski definition) is 8. The number of nitrogens with one attached hydrogen (secondary N) is 2. The van der Waals surface area contributed by atoms with Crippen LogP contribution in [0.25, 0.3) is 0 Å². The second-order valence-corrected chi connectivity index (χ2v) is 7.40. The van der Waals surface area contributed by atoms with Gasteiger partial charge in [-0.15, -0.1) is 21.5 Å². The van der Waals surface area contributed by atoms with E-state index in [1.165, 1.54) is 7.05 Å². The Balaban J connectivity index is 1.48. The molecule has 0 unspecified atom stereocenters. The molecule has 0 spiro atoms. The second-order valence-electron chi connectivity index (χ2n) is 6.54. The van der Waals surface area contributed by atoms with Crippen molar-refractivity contribution in [2.24, 2.45) is 0 Å². The van der Waals surface area contributed by atoms with E-state index < -0.39 is 11.7 Å². The predicted octanol–water partition coefficient (Wildman–Crippen LogP) is 3.76. The van der Waals surface area contributed by atoms with Crippen LogP contribution in [0.4, 0.5) is 30.6 Å². The Morgan fingerprint density at radius 2 is 2.07 bits per heavy atom. The lowest BCUT2D eigenvalue weighted by Gasteiger charge is -2.33. The normalized spacial score (nSPS) is 19.3. The average Bonchev–Trinajstić information content (AvgIpc) is 3.23. The summed E-state index contributed by atoms with van der Waals surface area (Å²) < 4.78 is 40.8. The van der Waals surface area contributed by atoms with Crippen LogP contribution in [0.2, 0.25) is 0 Å². The van der Waals surface area contributed by atoms with E-state index in [0.29, 0.717) is 17.3 Å². The zero-order chi connectivity index (χ0) is 19.9. The minimum Gasteiger partial charge on any atom is -0.372 e. The van der Waals surface area contributed by atoms with Gasteiger partial charge in [-0.3, -0.25) is 4.68 Å². The molecule has 1 fully saturated rings. The maximum absolute atomic E-state index is 13.0. The highest BCUT2D eigenvalue weighted by Gasteiger charge is 2.36. The van der Waals surface area contributed by atoms with Crippen molar-refractivity contribution in [3.8, 4) is 0 Å². The van der Waals surface area contributed by atoms with Gasteiger partial charge in [-0.05, 0) is 19.8 Å². The van der Waals surface area contributed by atoms with Crippen molar-refractivity contribution in [3.05, 3.63) is 34.2 Å². The summed E-state index contributed by atoms with van der Waals surface area (Å²) in [6.07, 6.45) is -0.0752. The number of aryl methyl sites for hydroxylation is 1. The number of rotatable bonds is 5. The molecule has 0 radical (unpaired) electrons. The second kappa shape index (κ2) is 7.00. The van der Waals surface area contributed by atoms with Gasteiger partial charge in [0.25, 0.3) is 0 Å². The van der Waals surface area contributed by atoms with E-state index in [0.717, 1.165) is 24.0 Å². The molecule has 3 aromatic heterocycles. The fraction of sp³-hybridized carbons (Fsp3) is 0.438. The van der Waals surface area contributed by atoms with E-state index in [9.17, 15) is 13.2 Å². The number of anilines is 3. The first-order valence-electron chi connectivity index (χ1n) is 8.56. The lowest BCUT2D eigenvalue weighted by atomic mass is 9.81. The minimum absolute atomic E-state index is 0.0698. The monoisotopic (exact) mass is 410 g/mol. The molecule has 12 heteroatoms. The molecule has 0 bridgehead atoms. The Kier molecular flexibility index (Phi) is 4.65. The van der Waals surface area contributed by atoms with Crippen LogP contribution in [-0.4, -0.2) is 37.0 Å². The molecule has 28 heavy (non-hydrogen) atoms. The summed E-state index contributed by atoms with van der Waals surface area (Å²) in [7, 11) is 1.38. The van der Waals surface area contributed by atoms with E-state index >= 15 is 0 Å². The Hall–Kier alpha value is -2.76. The quantitative estimate of drug-likeness (QED) is 0.662. The van der Waals surface area contributed by atoms with Crippen molar-refractivity contribution in [2.75, 3.05) is 17.7 Å². The molecular formula is C16H17F3N8S. The van der Waals surface area contributed by atoms with Crippen molar-refractivity contribution < 1.29 is 13.2 Å². The molecule has 148 valence electrons. The highest BCUT2D eigenvalue weighted by atomic mass is 32.1. The molecule has 1 aliphatic carbocycles. The van der Waals surface area contributed by atoms with E-state index in [4.69, 9.17) is 0 Å². The summed E-state index contributed by atoms with van der Waals surface area (Å²) in [6.45, 7) is 1.82. The lowest BCUT2D eigenvalue weighted by molar-refractivity contribution is -0.137. The van der Waals surface area contributed by atoms with Gasteiger partial charge in [0.15, 0.2) is 0 Å². The van der Waals surface area contributed by atoms with E-state index in [2.05, 4.69) is 35.9 Å². The molecule has 3 heterocycles. The molecule has 0 amide bonds. The zero-order valence-electron chi connectivity index (χ0n) is 15.0. The van der Waals surface area contributed by atoms with Crippen LogP contribution in [0.5, 0.6) is 0 Å². The van der Waals surface area contributed by atoms with Crippen molar-refractivity contribution in [1.82, 2.24) is 29.9 Å². The summed E-state index contributed by atoms with van der Waals surface area (Å²) in [5.41, 5.74) is 2.19. The predicted molar refractivity (Wildman–Crippen MR) is 97.7 cm³/mol. The summed E-state index contributed by atoms with van der Waals surface area (Å²) in [4.78, 5) is 7.72. The molecule has 2 N–H and O–H groups in total. The van der Waals surface area contributed by atoms with Gasteiger partial charge < -0.3 is 10.6 Å². The van der Waals surface area contributed by atoms with Crippen molar-refractivity contribution in [2.45, 2.75) is 37.9 Å². The summed E-state index contributed by atoms with van der Waals surface area (Å²) in [5, 5.41) is 18.9. The van der Waals surface area contributed by atoms with Gasteiger partial charge in [0.2, 0.25) is 5.95 Å². The molecule has 0 saturated heterocycles. The van der Waals surface area contributed by atoms with E-state index in [-0.39, 0.29) is 17.8 Å². The van der Waals surface area contributed by atoms with Gasteiger partial charge in [-0.25, -0.2) is 4.98 Å². The average molecular weight is 410 g/mol. The number of aromatic nitrogens is 6. The number of nitrogens with zero attached hydrogens (tertiary/aromatic N) is 6. The first-order chi connectivity index (χ1) is 13.3. The Bertz CT molecular complexity index is 963. The Morgan fingerprint density at radius 3 is 2.71 bits per heavy atom. The van der Waals surface area contributed by atoms with Crippen LogP contribution in [0.1, 0.15) is 41.1 Å². The molecule has 1 saturated carbocycles. The number of halogens is 3. The summed E-state index contributed by atoms with van der Waals surface area (Å²) in [5.74, 6) is 0.184. The molecule has 8 nitrogen and oxygen atoms in total. The smallest absolute Gasteiger partial charge is 0.372 e.